The van der Waals surface area contributed by atoms with E-state index in [4.69, 9.17) is 5.11 Å². The van der Waals surface area contributed by atoms with Gasteiger partial charge in [0.1, 0.15) is 4.34 Å². The molecule has 102 valence electrons. The lowest BCUT2D eigenvalue weighted by molar-refractivity contribution is -0.136. The molecule has 0 spiro atoms. The Morgan fingerprint density at radius 3 is 2.78 bits per heavy atom. The molecule has 0 fully saturated rings. The van der Waals surface area contributed by atoms with Gasteiger partial charge in [-0.3, -0.25) is 4.79 Å². The molecule has 18 heavy (non-hydrogen) atoms. The van der Waals surface area contributed by atoms with Gasteiger partial charge in [0.2, 0.25) is 0 Å². The molecule has 0 amide bonds. The van der Waals surface area contributed by atoms with Crippen molar-refractivity contribution in [1.82, 2.24) is 4.98 Å². The zero-order valence-corrected chi connectivity index (χ0v) is 12.6. The van der Waals surface area contributed by atoms with E-state index in [0.29, 0.717) is 15.8 Å². The van der Waals surface area contributed by atoms with Crippen molar-refractivity contribution < 1.29 is 18.3 Å². The number of carbonyl (C=O) groups is 1. The van der Waals surface area contributed by atoms with E-state index in [1.54, 1.807) is 19.2 Å². The molecule has 1 aromatic rings. The topological polar surface area (TPSA) is 84.3 Å². The first-order chi connectivity index (χ1) is 8.31. The molecule has 1 aromatic heterocycles. The summed E-state index contributed by atoms with van der Waals surface area (Å²) < 4.78 is 23.8. The van der Waals surface area contributed by atoms with Gasteiger partial charge in [0, 0.05) is 11.1 Å². The van der Waals surface area contributed by atoms with Crippen molar-refractivity contribution in [2.45, 2.75) is 29.9 Å². The van der Waals surface area contributed by atoms with Gasteiger partial charge in [0.25, 0.3) is 0 Å². The lowest BCUT2D eigenvalue weighted by atomic mass is 10.3. The van der Waals surface area contributed by atoms with Crippen molar-refractivity contribution in [3.05, 3.63) is 11.1 Å². The van der Waals surface area contributed by atoms with E-state index in [-0.39, 0.29) is 17.4 Å². The Balaban J connectivity index is 2.45. The number of aromatic nitrogens is 1. The van der Waals surface area contributed by atoms with Crippen LogP contribution in [-0.4, -0.2) is 41.2 Å². The first-order valence-corrected chi connectivity index (χ1v) is 8.90. The third-order valence-corrected chi connectivity index (χ3v) is 6.71. The van der Waals surface area contributed by atoms with Crippen LogP contribution in [0.25, 0.3) is 0 Å². The number of hydrogen-bond donors (Lipinski definition) is 1. The molecule has 0 saturated heterocycles. The second kappa shape index (κ2) is 6.53. The average molecular weight is 309 g/mol. The predicted octanol–water partition coefficient (Wildman–Crippen LogP) is 1.69. The molecule has 0 atom stereocenters. The molecule has 0 unspecified atom stereocenters. The number of hydrogen-bond acceptors (Lipinski definition) is 6. The maximum Gasteiger partial charge on any atom is 0.309 e. The third kappa shape index (κ3) is 4.95. The molecule has 5 nitrogen and oxygen atoms in total. The van der Waals surface area contributed by atoms with Crippen LogP contribution >= 0.6 is 23.1 Å². The Bertz CT molecular complexity index is 507. The molecule has 1 N–H and O–H groups in total. The smallest absolute Gasteiger partial charge is 0.309 e. The van der Waals surface area contributed by atoms with Gasteiger partial charge in [0.15, 0.2) is 9.84 Å². The highest BCUT2D eigenvalue weighted by Crippen LogP contribution is 2.23. The van der Waals surface area contributed by atoms with E-state index in [0.717, 1.165) is 0 Å². The summed E-state index contributed by atoms with van der Waals surface area (Å²) in [6, 6.07) is 0. The van der Waals surface area contributed by atoms with Crippen LogP contribution in [0, 0.1) is 0 Å². The van der Waals surface area contributed by atoms with Crippen LogP contribution in [-0.2, 0) is 21.1 Å². The number of carboxylic acids is 1. The standard InChI is InChI=1S/C10H15NO4S3/c1-7(2)18(14,15)4-3-16-10-11-8(6-17-10)5-9(12)13/h6-7H,3-5H2,1-2H3,(H,12,13). The van der Waals surface area contributed by atoms with Crippen LogP contribution in [0.4, 0.5) is 0 Å². The SMILES string of the molecule is CC(C)S(=O)(=O)CCSc1nc(CC(=O)O)cs1. The van der Waals surface area contributed by atoms with Gasteiger partial charge in [-0.25, -0.2) is 13.4 Å². The fourth-order valence-electron chi connectivity index (χ4n) is 1.07. The van der Waals surface area contributed by atoms with Gasteiger partial charge in [0.05, 0.1) is 23.1 Å². The minimum Gasteiger partial charge on any atom is -0.481 e. The van der Waals surface area contributed by atoms with Crippen LogP contribution < -0.4 is 0 Å². The lowest BCUT2D eigenvalue weighted by Crippen LogP contribution is -2.18. The Labute approximate surface area is 115 Å². The summed E-state index contributed by atoms with van der Waals surface area (Å²) in [5.74, 6) is -0.358. The fraction of sp³-hybridized carbons (Fsp3) is 0.600. The van der Waals surface area contributed by atoms with Gasteiger partial charge in [-0.05, 0) is 13.8 Å². The first kappa shape index (κ1) is 15.5. The normalized spacial score (nSPS) is 11.9. The van der Waals surface area contributed by atoms with E-state index >= 15 is 0 Å². The number of thioether (sulfide) groups is 1. The van der Waals surface area contributed by atoms with Crippen molar-refractivity contribution in [1.29, 1.82) is 0 Å². The maximum absolute atomic E-state index is 11.6. The molecule has 0 saturated carbocycles. The highest BCUT2D eigenvalue weighted by molar-refractivity contribution is 8.02. The van der Waals surface area contributed by atoms with E-state index in [1.165, 1.54) is 23.1 Å². The van der Waals surface area contributed by atoms with Crippen LogP contribution in [0.2, 0.25) is 0 Å². The summed E-state index contributed by atoms with van der Waals surface area (Å²) in [7, 11) is -3.02. The molecule has 1 rings (SSSR count). The van der Waals surface area contributed by atoms with Gasteiger partial charge in [-0.15, -0.1) is 11.3 Å². The molecule has 0 aliphatic carbocycles. The zero-order valence-electron chi connectivity index (χ0n) is 10.1. The number of carboxylic acid groups (broad SMARTS) is 1. The number of rotatable bonds is 7. The van der Waals surface area contributed by atoms with Crippen LogP contribution in [0.5, 0.6) is 0 Å². The summed E-state index contributed by atoms with van der Waals surface area (Å²) in [4.78, 5) is 14.6. The zero-order chi connectivity index (χ0) is 13.8. The molecule has 0 aromatic carbocycles. The van der Waals surface area contributed by atoms with E-state index in [9.17, 15) is 13.2 Å². The van der Waals surface area contributed by atoms with Gasteiger partial charge < -0.3 is 5.11 Å². The Morgan fingerprint density at radius 1 is 1.56 bits per heavy atom. The van der Waals surface area contributed by atoms with E-state index in [1.807, 2.05) is 0 Å². The largest absolute Gasteiger partial charge is 0.481 e. The van der Waals surface area contributed by atoms with Crippen molar-refractivity contribution in [2.75, 3.05) is 11.5 Å². The first-order valence-electron chi connectivity index (χ1n) is 5.32. The second-order valence-electron chi connectivity index (χ2n) is 3.94. The highest BCUT2D eigenvalue weighted by Gasteiger charge is 2.16. The van der Waals surface area contributed by atoms with E-state index in [2.05, 4.69) is 4.98 Å². The quantitative estimate of drug-likeness (QED) is 0.772. The Morgan fingerprint density at radius 2 is 2.22 bits per heavy atom. The number of sulfone groups is 1. The molecule has 0 radical (unpaired) electrons. The predicted molar refractivity (Wildman–Crippen MR) is 73.1 cm³/mol. The van der Waals surface area contributed by atoms with Crippen molar-refractivity contribution >= 4 is 38.9 Å². The highest BCUT2D eigenvalue weighted by atomic mass is 32.2. The lowest BCUT2D eigenvalue weighted by Gasteiger charge is -2.05. The fourth-order valence-corrected chi connectivity index (χ4v) is 4.37. The summed E-state index contributed by atoms with van der Waals surface area (Å²) in [6.07, 6.45) is -0.0959. The molecular formula is C10H15NO4S3. The molecule has 1 heterocycles. The van der Waals surface area contributed by atoms with Crippen molar-refractivity contribution in [3.63, 3.8) is 0 Å². The number of thiazole rings is 1. The van der Waals surface area contributed by atoms with Crippen molar-refractivity contribution in [2.24, 2.45) is 0 Å². The molecule has 8 heteroatoms. The van der Waals surface area contributed by atoms with Gasteiger partial charge in [-0.2, -0.15) is 0 Å². The van der Waals surface area contributed by atoms with Crippen molar-refractivity contribution in [3.8, 4) is 0 Å². The maximum atomic E-state index is 11.6. The summed E-state index contributed by atoms with van der Waals surface area (Å²) in [5, 5.41) is 9.92. The molecule has 0 bridgehead atoms. The molecule has 0 aliphatic rings. The Hall–Kier alpha value is -0.600. The summed E-state index contributed by atoms with van der Waals surface area (Å²) in [6.45, 7) is 3.32. The monoisotopic (exact) mass is 309 g/mol. The summed E-state index contributed by atoms with van der Waals surface area (Å²) in [5.41, 5.74) is 0.515. The average Bonchev–Trinajstić information content (AvgIpc) is 2.64. The van der Waals surface area contributed by atoms with E-state index < -0.39 is 15.8 Å². The van der Waals surface area contributed by atoms with Gasteiger partial charge in [-0.1, -0.05) is 11.8 Å². The minimum absolute atomic E-state index is 0.0959. The minimum atomic E-state index is -3.02. The second-order valence-corrected chi connectivity index (χ2v) is 8.82. The van der Waals surface area contributed by atoms with Crippen LogP contribution in [0.15, 0.2) is 9.72 Å². The Kier molecular flexibility index (Phi) is 5.61. The van der Waals surface area contributed by atoms with Crippen LogP contribution in [0.3, 0.4) is 0 Å². The molecular weight excluding hydrogens is 294 g/mol. The summed E-state index contributed by atoms with van der Waals surface area (Å²) >= 11 is 2.69. The third-order valence-electron chi connectivity index (χ3n) is 2.17. The van der Waals surface area contributed by atoms with Crippen LogP contribution in [0.1, 0.15) is 19.5 Å². The van der Waals surface area contributed by atoms with Gasteiger partial charge >= 0.3 is 5.97 Å². The number of aliphatic carboxylic acids is 1. The number of nitrogens with zero attached hydrogens (tertiary/aromatic N) is 1. The molecule has 0 aliphatic heterocycles.